The van der Waals surface area contributed by atoms with Crippen LogP contribution in [0.1, 0.15) is 48.9 Å². The molecule has 3 aromatic rings. The first-order valence-electron chi connectivity index (χ1n) is 12.5. The average Bonchev–Trinajstić information content (AvgIpc) is 3.50. The highest BCUT2D eigenvalue weighted by molar-refractivity contribution is 7.13. The van der Waals surface area contributed by atoms with Crippen LogP contribution in [0.25, 0.3) is 10.4 Å². The van der Waals surface area contributed by atoms with Crippen molar-refractivity contribution in [3.8, 4) is 10.4 Å². The fourth-order valence-electron chi connectivity index (χ4n) is 4.48. The summed E-state index contributed by atoms with van der Waals surface area (Å²) in [5.41, 5.74) is 4.32. The van der Waals surface area contributed by atoms with E-state index in [4.69, 9.17) is 0 Å². The molecule has 1 unspecified atom stereocenters. The van der Waals surface area contributed by atoms with Crippen molar-refractivity contribution < 1.29 is 19.5 Å². The number of pyridine rings is 1. The van der Waals surface area contributed by atoms with E-state index in [1.54, 1.807) is 29.5 Å². The Balaban J connectivity index is 1.43. The molecule has 1 aromatic carbocycles. The lowest BCUT2D eigenvalue weighted by Crippen LogP contribution is -2.57. The zero-order chi connectivity index (χ0) is 27.4. The van der Waals surface area contributed by atoms with Gasteiger partial charge in [-0.3, -0.25) is 19.4 Å². The molecule has 2 aromatic heterocycles. The van der Waals surface area contributed by atoms with Crippen molar-refractivity contribution in [2.24, 2.45) is 5.41 Å². The minimum atomic E-state index is -0.916. The molecule has 3 N–H and O–H groups in total. The molecule has 200 valence electrons. The molecule has 4 rings (SSSR count). The number of likely N-dealkylation sites (tertiary alicyclic amines) is 1. The molecular formula is C28H33N5O4S. The van der Waals surface area contributed by atoms with Crippen molar-refractivity contribution >= 4 is 29.1 Å². The van der Waals surface area contributed by atoms with Crippen LogP contribution in [0.3, 0.4) is 0 Å². The number of hydrogen-bond donors (Lipinski definition) is 3. The molecule has 3 heterocycles. The number of β-amino-alcohol motifs (C(OH)–C–C–N with tert-alkyl or cyclic N) is 1. The van der Waals surface area contributed by atoms with Gasteiger partial charge >= 0.3 is 0 Å². The number of aliphatic hydroxyl groups excluding tert-OH is 1. The SMILES string of the molecule is Cc1ncsc1-c1ccc(CNC(=O)[C@@H]2C[C@@H](O)CN2C(=O)C(NC(=O)c2ccccn2)C(C)(C)C)cc1. The fourth-order valence-corrected chi connectivity index (χ4v) is 5.29. The molecule has 1 aliphatic rings. The number of carbonyl (C=O) groups is 3. The molecule has 38 heavy (non-hydrogen) atoms. The summed E-state index contributed by atoms with van der Waals surface area (Å²) in [6.07, 6.45) is 0.809. The van der Waals surface area contributed by atoms with Crippen LogP contribution in [0.15, 0.2) is 54.2 Å². The highest BCUT2D eigenvalue weighted by Crippen LogP contribution is 2.28. The molecule has 0 saturated carbocycles. The number of aryl methyl sites for hydroxylation is 1. The van der Waals surface area contributed by atoms with E-state index in [0.717, 1.165) is 21.7 Å². The Kier molecular flexibility index (Phi) is 8.23. The highest BCUT2D eigenvalue weighted by atomic mass is 32.1. The molecule has 0 bridgehead atoms. The Hall–Kier alpha value is -3.63. The summed E-state index contributed by atoms with van der Waals surface area (Å²) in [7, 11) is 0. The molecule has 0 radical (unpaired) electrons. The number of aromatic nitrogens is 2. The Morgan fingerprint density at radius 3 is 2.47 bits per heavy atom. The van der Waals surface area contributed by atoms with Crippen LogP contribution in [0.2, 0.25) is 0 Å². The van der Waals surface area contributed by atoms with Crippen molar-refractivity contribution in [2.75, 3.05) is 6.54 Å². The third kappa shape index (κ3) is 6.25. The van der Waals surface area contributed by atoms with Gasteiger partial charge in [-0.2, -0.15) is 0 Å². The van der Waals surface area contributed by atoms with Crippen molar-refractivity contribution in [2.45, 2.75) is 58.8 Å². The van der Waals surface area contributed by atoms with E-state index < -0.39 is 35.4 Å². The lowest BCUT2D eigenvalue weighted by molar-refractivity contribution is -0.142. The van der Waals surface area contributed by atoms with Crippen LogP contribution in [-0.4, -0.2) is 62.4 Å². The first-order chi connectivity index (χ1) is 18.0. The Morgan fingerprint density at radius 2 is 1.87 bits per heavy atom. The van der Waals surface area contributed by atoms with Crippen LogP contribution in [0.4, 0.5) is 0 Å². The number of nitrogens with one attached hydrogen (secondary N) is 2. The van der Waals surface area contributed by atoms with Gasteiger partial charge in [-0.15, -0.1) is 11.3 Å². The van der Waals surface area contributed by atoms with Gasteiger partial charge in [-0.05, 0) is 35.6 Å². The standard InChI is InChI=1S/C28H33N5O4S/c1-17-23(38-16-31-17)19-10-8-18(9-11-19)14-30-26(36)22-13-20(34)15-33(22)27(37)24(28(2,3)4)32-25(35)21-7-5-6-12-29-21/h5-12,16,20,22,24,34H,13-15H2,1-4H3,(H,30,36)(H,32,35)/t20-,22+,24?/m1/s1. The third-order valence-electron chi connectivity index (χ3n) is 6.58. The maximum atomic E-state index is 13.7. The van der Waals surface area contributed by atoms with Crippen LogP contribution in [0.5, 0.6) is 0 Å². The van der Waals surface area contributed by atoms with Crippen LogP contribution < -0.4 is 10.6 Å². The molecule has 0 spiro atoms. The van der Waals surface area contributed by atoms with Crippen molar-refractivity contribution in [3.63, 3.8) is 0 Å². The van der Waals surface area contributed by atoms with E-state index in [1.807, 2.05) is 57.5 Å². The zero-order valence-corrected chi connectivity index (χ0v) is 22.8. The molecule has 1 fully saturated rings. The highest BCUT2D eigenvalue weighted by Gasteiger charge is 2.44. The summed E-state index contributed by atoms with van der Waals surface area (Å²) in [5, 5.41) is 16.1. The molecule has 10 heteroatoms. The number of nitrogens with zero attached hydrogens (tertiary/aromatic N) is 3. The topological polar surface area (TPSA) is 125 Å². The Bertz CT molecular complexity index is 1290. The first-order valence-corrected chi connectivity index (χ1v) is 13.4. The average molecular weight is 536 g/mol. The van der Waals surface area contributed by atoms with Crippen LogP contribution in [-0.2, 0) is 16.1 Å². The van der Waals surface area contributed by atoms with Gasteiger partial charge in [0.1, 0.15) is 17.8 Å². The summed E-state index contributed by atoms with van der Waals surface area (Å²) in [6, 6.07) is 11.1. The second-order valence-electron chi connectivity index (χ2n) is 10.6. The fraction of sp³-hybridized carbons (Fsp3) is 0.393. The molecule has 0 aliphatic carbocycles. The number of amides is 3. The molecular weight excluding hydrogens is 502 g/mol. The van der Waals surface area contributed by atoms with Gasteiger partial charge in [0.2, 0.25) is 11.8 Å². The van der Waals surface area contributed by atoms with Gasteiger partial charge in [-0.1, -0.05) is 51.1 Å². The quantitative estimate of drug-likeness (QED) is 0.427. The summed E-state index contributed by atoms with van der Waals surface area (Å²) < 4.78 is 0. The molecule has 9 nitrogen and oxygen atoms in total. The number of thiazole rings is 1. The first kappa shape index (κ1) is 27.4. The van der Waals surface area contributed by atoms with Crippen molar-refractivity contribution in [1.82, 2.24) is 25.5 Å². The lowest BCUT2D eigenvalue weighted by atomic mass is 9.85. The second kappa shape index (κ2) is 11.4. The van der Waals surface area contributed by atoms with E-state index >= 15 is 0 Å². The van der Waals surface area contributed by atoms with Gasteiger partial charge < -0.3 is 20.6 Å². The van der Waals surface area contributed by atoms with Crippen molar-refractivity contribution in [3.05, 3.63) is 71.1 Å². The maximum Gasteiger partial charge on any atom is 0.270 e. The van der Waals surface area contributed by atoms with E-state index in [2.05, 4.69) is 20.6 Å². The largest absolute Gasteiger partial charge is 0.391 e. The number of aliphatic hydroxyl groups is 1. The summed E-state index contributed by atoms with van der Waals surface area (Å²) >= 11 is 1.58. The normalized spacial score (nSPS) is 18.2. The van der Waals surface area contributed by atoms with Gasteiger partial charge in [0.05, 0.1) is 22.2 Å². The van der Waals surface area contributed by atoms with E-state index in [0.29, 0.717) is 0 Å². The number of rotatable bonds is 7. The van der Waals surface area contributed by atoms with Gasteiger partial charge in [0, 0.05) is 25.7 Å². The van der Waals surface area contributed by atoms with Crippen molar-refractivity contribution in [1.29, 1.82) is 0 Å². The predicted octanol–water partition coefficient (Wildman–Crippen LogP) is 2.94. The minimum Gasteiger partial charge on any atom is -0.391 e. The minimum absolute atomic E-state index is 0.0197. The zero-order valence-electron chi connectivity index (χ0n) is 22.0. The van der Waals surface area contributed by atoms with Gasteiger partial charge in [0.15, 0.2) is 0 Å². The van der Waals surface area contributed by atoms with E-state index in [-0.39, 0.29) is 31.1 Å². The Labute approximate surface area is 226 Å². The summed E-state index contributed by atoms with van der Waals surface area (Å²) in [5.74, 6) is -1.24. The third-order valence-corrected chi connectivity index (χ3v) is 7.56. The molecule has 1 saturated heterocycles. The number of carbonyl (C=O) groups excluding carboxylic acids is 3. The summed E-state index contributed by atoms with van der Waals surface area (Å²) in [6.45, 7) is 7.80. The number of benzene rings is 1. The van der Waals surface area contributed by atoms with E-state index in [1.165, 1.54) is 11.1 Å². The molecule has 3 amide bonds. The maximum absolute atomic E-state index is 13.7. The second-order valence-corrected chi connectivity index (χ2v) is 11.4. The summed E-state index contributed by atoms with van der Waals surface area (Å²) in [4.78, 5) is 50.5. The van der Waals surface area contributed by atoms with E-state index in [9.17, 15) is 19.5 Å². The lowest BCUT2D eigenvalue weighted by Gasteiger charge is -2.35. The van der Waals surface area contributed by atoms with Crippen LogP contribution in [0, 0.1) is 12.3 Å². The van der Waals surface area contributed by atoms with Gasteiger partial charge in [0.25, 0.3) is 5.91 Å². The number of hydrogen-bond acceptors (Lipinski definition) is 7. The molecule has 3 atom stereocenters. The Morgan fingerprint density at radius 1 is 1.13 bits per heavy atom. The molecule has 1 aliphatic heterocycles. The monoisotopic (exact) mass is 535 g/mol. The smallest absolute Gasteiger partial charge is 0.270 e. The van der Waals surface area contributed by atoms with Gasteiger partial charge in [-0.25, -0.2) is 4.98 Å². The van der Waals surface area contributed by atoms with Crippen LogP contribution >= 0.6 is 11.3 Å². The predicted molar refractivity (Wildman–Crippen MR) is 145 cm³/mol.